The Bertz CT molecular complexity index is 74.8. The van der Waals surface area contributed by atoms with Crippen molar-refractivity contribution in [2.75, 3.05) is 13.2 Å². The van der Waals surface area contributed by atoms with E-state index < -0.39 is 6.67 Å². The molecule has 0 aliphatic rings. The van der Waals surface area contributed by atoms with Crippen LogP contribution < -0.4 is 5.32 Å². The van der Waals surface area contributed by atoms with Crippen LogP contribution in [0.15, 0.2) is 0 Å². The number of halogens is 1. The molecule has 0 aliphatic carbocycles. The molecular formula is C5H10FNO. The van der Waals surface area contributed by atoms with E-state index in [0.717, 1.165) is 0 Å². The molecule has 2 nitrogen and oxygen atoms in total. The van der Waals surface area contributed by atoms with E-state index >= 15 is 0 Å². The van der Waals surface area contributed by atoms with E-state index in [0.29, 0.717) is 6.42 Å². The van der Waals surface area contributed by atoms with Gasteiger partial charge in [0.05, 0.1) is 0 Å². The maximum absolute atomic E-state index is 11.3. The molecule has 0 heterocycles. The zero-order valence-corrected chi connectivity index (χ0v) is 4.91. The van der Waals surface area contributed by atoms with Gasteiger partial charge in [-0.1, -0.05) is 6.92 Å². The first kappa shape index (κ1) is 7.40. The Hall–Kier alpha value is -0.600. The molecule has 0 aromatic carbocycles. The molecule has 0 saturated heterocycles. The first-order valence-corrected chi connectivity index (χ1v) is 2.64. The van der Waals surface area contributed by atoms with Crippen molar-refractivity contribution in [2.45, 2.75) is 13.3 Å². The van der Waals surface area contributed by atoms with Crippen molar-refractivity contribution in [3.8, 4) is 0 Å². The number of carbonyl (C=O) groups excluding carboxylic acids is 1. The zero-order valence-electron chi connectivity index (χ0n) is 4.91. The van der Waals surface area contributed by atoms with Gasteiger partial charge in [0, 0.05) is 13.0 Å². The zero-order chi connectivity index (χ0) is 6.41. The molecule has 0 radical (unpaired) electrons. The van der Waals surface area contributed by atoms with Crippen LogP contribution in [0.1, 0.15) is 13.3 Å². The fraction of sp³-hybridized carbons (Fsp3) is 0.800. The lowest BCUT2D eigenvalue weighted by Crippen LogP contribution is -2.24. The number of carbonyl (C=O) groups is 1. The highest BCUT2D eigenvalue weighted by molar-refractivity contribution is 5.75. The monoisotopic (exact) mass is 119 g/mol. The number of nitrogens with one attached hydrogen (secondary N) is 1. The Morgan fingerprint density at radius 1 is 1.75 bits per heavy atom. The van der Waals surface area contributed by atoms with E-state index in [-0.39, 0.29) is 12.5 Å². The van der Waals surface area contributed by atoms with Crippen molar-refractivity contribution in [3.05, 3.63) is 0 Å². The Labute approximate surface area is 48.1 Å². The number of amides is 1. The highest BCUT2D eigenvalue weighted by Gasteiger charge is 1.91. The average molecular weight is 119 g/mol. The molecule has 0 spiro atoms. The van der Waals surface area contributed by atoms with E-state index in [2.05, 4.69) is 5.32 Å². The Balaban J connectivity index is 2.99. The molecule has 8 heavy (non-hydrogen) atoms. The summed E-state index contributed by atoms with van der Waals surface area (Å²) in [7, 11) is 0. The summed E-state index contributed by atoms with van der Waals surface area (Å²) >= 11 is 0. The molecule has 0 saturated carbocycles. The molecule has 1 N–H and O–H groups in total. The van der Waals surface area contributed by atoms with Gasteiger partial charge in [-0.3, -0.25) is 4.79 Å². The molecule has 48 valence electrons. The second kappa shape index (κ2) is 4.56. The van der Waals surface area contributed by atoms with Crippen LogP contribution in [0.5, 0.6) is 0 Å². The van der Waals surface area contributed by atoms with Gasteiger partial charge in [0.2, 0.25) is 5.91 Å². The first-order chi connectivity index (χ1) is 3.81. The quantitative estimate of drug-likeness (QED) is 0.575. The third kappa shape index (κ3) is 3.59. The van der Waals surface area contributed by atoms with Crippen molar-refractivity contribution >= 4 is 5.91 Å². The van der Waals surface area contributed by atoms with Crippen LogP contribution in [0.25, 0.3) is 0 Å². The van der Waals surface area contributed by atoms with Gasteiger partial charge in [-0.2, -0.15) is 0 Å². The Kier molecular flexibility index (Phi) is 4.21. The van der Waals surface area contributed by atoms with Gasteiger partial charge in [-0.05, 0) is 0 Å². The molecule has 0 aromatic rings. The average Bonchev–Trinajstić information content (AvgIpc) is 1.83. The Morgan fingerprint density at radius 3 is 2.75 bits per heavy atom. The topological polar surface area (TPSA) is 29.1 Å². The molecule has 0 aliphatic heterocycles. The molecule has 3 heteroatoms. The minimum atomic E-state index is -0.480. The maximum atomic E-state index is 11.3. The van der Waals surface area contributed by atoms with Gasteiger partial charge >= 0.3 is 0 Å². The van der Waals surface area contributed by atoms with Gasteiger partial charge in [0.25, 0.3) is 0 Å². The predicted octanol–water partition coefficient (Wildman–Crippen LogP) is 0.482. The van der Waals surface area contributed by atoms with Crippen molar-refractivity contribution in [1.82, 2.24) is 5.32 Å². The summed E-state index contributed by atoms with van der Waals surface area (Å²) in [6.45, 7) is 1.39. The molecule has 0 atom stereocenters. The Morgan fingerprint density at radius 2 is 2.38 bits per heavy atom. The standard InChI is InChI=1S/C5H10FNO/c1-2-5(8)7-4-3-6/h2-4H2,1H3,(H,7,8). The molecule has 0 unspecified atom stereocenters. The third-order valence-electron chi connectivity index (χ3n) is 0.738. The maximum Gasteiger partial charge on any atom is 0.219 e. The summed E-state index contributed by atoms with van der Waals surface area (Å²) in [5, 5.41) is 2.37. The SMILES string of the molecule is CCC(=O)NCCF. The summed E-state index contributed by atoms with van der Waals surface area (Å²) in [6.07, 6.45) is 0.431. The highest BCUT2D eigenvalue weighted by Crippen LogP contribution is 1.73. The summed E-state index contributed by atoms with van der Waals surface area (Å²) in [5.74, 6) is -0.0948. The van der Waals surface area contributed by atoms with Crippen molar-refractivity contribution < 1.29 is 9.18 Å². The van der Waals surface area contributed by atoms with Crippen molar-refractivity contribution in [2.24, 2.45) is 0 Å². The lowest BCUT2D eigenvalue weighted by Gasteiger charge is -1.95. The number of hydrogen-bond donors (Lipinski definition) is 1. The van der Waals surface area contributed by atoms with E-state index in [1.807, 2.05) is 0 Å². The molecular weight excluding hydrogens is 109 g/mol. The van der Waals surface area contributed by atoms with Crippen LogP contribution in [0.2, 0.25) is 0 Å². The largest absolute Gasteiger partial charge is 0.353 e. The van der Waals surface area contributed by atoms with E-state index in [9.17, 15) is 9.18 Å². The summed E-state index contributed by atoms with van der Waals surface area (Å²) in [4.78, 5) is 10.3. The van der Waals surface area contributed by atoms with Crippen LogP contribution in [-0.4, -0.2) is 19.1 Å². The summed E-state index contributed by atoms with van der Waals surface area (Å²) in [5.41, 5.74) is 0. The smallest absolute Gasteiger partial charge is 0.219 e. The van der Waals surface area contributed by atoms with Gasteiger partial charge in [0.15, 0.2) is 0 Å². The summed E-state index contributed by atoms with van der Waals surface area (Å²) < 4.78 is 11.3. The summed E-state index contributed by atoms with van der Waals surface area (Å²) in [6, 6.07) is 0. The van der Waals surface area contributed by atoms with Crippen LogP contribution in [-0.2, 0) is 4.79 Å². The van der Waals surface area contributed by atoms with Crippen LogP contribution >= 0.6 is 0 Å². The first-order valence-electron chi connectivity index (χ1n) is 2.64. The van der Waals surface area contributed by atoms with Crippen molar-refractivity contribution in [1.29, 1.82) is 0 Å². The fourth-order valence-electron chi connectivity index (χ4n) is 0.312. The van der Waals surface area contributed by atoms with E-state index in [1.54, 1.807) is 6.92 Å². The van der Waals surface area contributed by atoms with Gasteiger partial charge < -0.3 is 5.32 Å². The molecule has 0 fully saturated rings. The minimum absolute atomic E-state index is 0.0948. The van der Waals surface area contributed by atoms with Gasteiger partial charge in [0.1, 0.15) is 6.67 Å². The third-order valence-corrected chi connectivity index (χ3v) is 0.738. The normalized spacial score (nSPS) is 8.75. The molecule has 0 aromatic heterocycles. The van der Waals surface area contributed by atoms with E-state index in [1.165, 1.54) is 0 Å². The second-order valence-electron chi connectivity index (χ2n) is 1.39. The number of hydrogen-bond acceptors (Lipinski definition) is 1. The molecule has 0 bridgehead atoms. The van der Waals surface area contributed by atoms with Crippen LogP contribution in [0.4, 0.5) is 4.39 Å². The highest BCUT2D eigenvalue weighted by atomic mass is 19.1. The fourth-order valence-corrected chi connectivity index (χ4v) is 0.312. The second-order valence-corrected chi connectivity index (χ2v) is 1.39. The van der Waals surface area contributed by atoms with Crippen LogP contribution in [0.3, 0.4) is 0 Å². The number of alkyl halides is 1. The lowest BCUT2D eigenvalue weighted by molar-refractivity contribution is -0.120. The lowest BCUT2D eigenvalue weighted by atomic mass is 10.4. The predicted molar refractivity (Wildman–Crippen MR) is 29.3 cm³/mol. The van der Waals surface area contributed by atoms with Gasteiger partial charge in [-0.15, -0.1) is 0 Å². The van der Waals surface area contributed by atoms with Crippen LogP contribution in [0, 0.1) is 0 Å². The molecule has 1 amide bonds. The van der Waals surface area contributed by atoms with Gasteiger partial charge in [-0.25, -0.2) is 4.39 Å². The number of rotatable bonds is 3. The van der Waals surface area contributed by atoms with E-state index in [4.69, 9.17) is 0 Å². The molecule has 0 rings (SSSR count). The van der Waals surface area contributed by atoms with Crippen molar-refractivity contribution in [3.63, 3.8) is 0 Å². The minimum Gasteiger partial charge on any atom is -0.353 e.